The molecule has 0 amide bonds. The van der Waals surface area contributed by atoms with Crippen LogP contribution in [0, 0.1) is 0 Å². The Hall–Kier alpha value is -1.91. The van der Waals surface area contributed by atoms with Crippen LogP contribution in [0.1, 0.15) is 11.7 Å². The van der Waals surface area contributed by atoms with Crippen molar-refractivity contribution < 1.29 is 20.1 Å². The van der Waals surface area contributed by atoms with E-state index in [4.69, 9.17) is 5.11 Å². The van der Waals surface area contributed by atoms with Gasteiger partial charge in [-0.1, -0.05) is 42.5 Å². The summed E-state index contributed by atoms with van der Waals surface area (Å²) in [5.41, 5.74) is 0.415. The summed E-state index contributed by atoms with van der Waals surface area (Å²) >= 11 is 0. The fraction of sp³-hybridized carbons (Fsp3) is 0.154. The van der Waals surface area contributed by atoms with E-state index in [2.05, 4.69) is 0 Å². The molecule has 0 bridgehead atoms. The molecule has 2 atom stereocenters. The van der Waals surface area contributed by atoms with Crippen LogP contribution in [0.15, 0.2) is 42.5 Å². The summed E-state index contributed by atoms with van der Waals surface area (Å²) < 4.78 is 0. The first-order valence-electron chi connectivity index (χ1n) is 5.18. The summed E-state index contributed by atoms with van der Waals surface area (Å²) in [4.78, 5) is 10.6. The first-order valence-corrected chi connectivity index (χ1v) is 5.18. The normalized spacial score (nSPS) is 14.5. The van der Waals surface area contributed by atoms with Crippen molar-refractivity contribution in [1.29, 1.82) is 0 Å². The van der Waals surface area contributed by atoms with E-state index in [1.165, 1.54) is 0 Å². The van der Waals surface area contributed by atoms with Gasteiger partial charge >= 0.3 is 5.97 Å². The molecule has 2 aromatic rings. The molecule has 2 aromatic carbocycles. The minimum Gasteiger partial charge on any atom is -0.479 e. The second kappa shape index (κ2) is 4.53. The molecule has 2 unspecified atom stereocenters. The Morgan fingerprint density at radius 2 is 1.65 bits per heavy atom. The zero-order valence-electron chi connectivity index (χ0n) is 8.95. The SMILES string of the molecule is O=C(O)C(O)C(O)c1cccc2ccccc12. The number of hydrogen-bond donors (Lipinski definition) is 3. The Morgan fingerprint density at radius 3 is 2.35 bits per heavy atom. The molecule has 0 heterocycles. The largest absolute Gasteiger partial charge is 0.479 e. The van der Waals surface area contributed by atoms with Gasteiger partial charge in [0.25, 0.3) is 0 Å². The molecule has 88 valence electrons. The van der Waals surface area contributed by atoms with Gasteiger partial charge in [0.05, 0.1) is 0 Å². The van der Waals surface area contributed by atoms with E-state index in [0.29, 0.717) is 5.56 Å². The van der Waals surface area contributed by atoms with Crippen LogP contribution in [0.5, 0.6) is 0 Å². The minimum absolute atomic E-state index is 0.415. The fourth-order valence-corrected chi connectivity index (χ4v) is 1.81. The lowest BCUT2D eigenvalue weighted by atomic mass is 9.97. The molecule has 0 saturated carbocycles. The topological polar surface area (TPSA) is 77.8 Å². The third-order valence-electron chi connectivity index (χ3n) is 2.69. The monoisotopic (exact) mass is 232 g/mol. The van der Waals surface area contributed by atoms with Crippen molar-refractivity contribution in [2.75, 3.05) is 0 Å². The van der Waals surface area contributed by atoms with Gasteiger partial charge < -0.3 is 15.3 Å². The number of carboxylic acid groups (broad SMARTS) is 1. The van der Waals surface area contributed by atoms with E-state index in [1.807, 2.05) is 18.2 Å². The molecule has 3 N–H and O–H groups in total. The summed E-state index contributed by atoms with van der Waals surface area (Å²) in [6.07, 6.45) is -3.25. The molecule has 0 aliphatic heterocycles. The Labute approximate surface area is 97.8 Å². The van der Waals surface area contributed by atoms with Crippen molar-refractivity contribution in [3.63, 3.8) is 0 Å². The third-order valence-corrected chi connectivity index (χ3v) is 2.69. The molecule has 17 heavy (non-hydrogen) atoms. The predicted molar refractivity (Wildman–Crippen MR) is 62.6 cm³/mol. The molecular weight excluding hydrogens is 220 g/mol. The molecule has 0 spiro atoms. The number of aliphatic hydroxyl groups is 2. The number of aliphatic carboxylic acids is 1. The van der Waals surface area contributed by atoms with Gasteiger partial charge in [-0.15, -0.1) is 0 Å². The van der Waals surface area contributed by atoms with Crippen LogP contribution in [0.2, 0.25) is 0 Å². The first kappa shape index (κ1) is 11.6. The van der Waals surface area contributed by atoms with E-state index in [1.54, 1.807) is 24.3 Å². The first-order chi connectivity index (χ1) is 8.11. The highest BCUT2D eigenvalue weighted by atomic mass is 16.4. The molecule has 0 saturated heterocycles. The van der Waals surface area contributed by atoms with E-state index in [-0.39, 0.29) is 0 Å². The van der Waals surface area contributed by atoms with Gasteiger partial charge in [0.2, 0.25) is 0 Å². The summed E-state index contributed by atoms with van der Waals surface area (Å²) in [6.45, 7) is 0. The smallest absolute Gasteiger partial charge is 0.335 e. The second-order valence-electron chi connectivity index (χ2n) is 3.80. The van der Waals surface area contributed by atoms with Gasteiger partial charge in [-0.2, -0.15) is 0 Å². The van der Waals surface area contributed by atoms with Crippen LogP contribution in [-0.2, 0) is 4.79 Å². The number of aliphatic hydroxyl groups excluding tert-OH is 2. The van der Waals surface area contributed by atoms with Crippen molar-refractivity contribution in [3.8, 4) is 0 Å². The fourth-order valence-electron chi connectivity index (χ4n) is 1.81. The number of rotatable bonds is 3. The predicted octanol–water partition coefficient (Wildman–Crippen LogP) is 1.32. The Morgan fingerprint density at radius 1 is 1.00 bits per heavy atom. The van der Waals surface area contributed by atoms with E-state index < -0.39 is 18.2 Å². The van der Waals surface area contributed by atoms with Gasteiger partial charge in [0.1, 0.15) is 6.10 Å². The van der Waals surface area contributed by atoms with E-state index in [9.17, 15) is 15.0 Å². The molecule has 4 nitrogen and oxygen atoms in total. The number of carboxylic acids is 1. The molecule has 0 radical (unpaired) electrons. The van der Waals surface area contributed by atoms with Crippen LogP contribution >= 0.6 is 0 Å². The van der Waals surface area contributed by atoms with E-state index in [0.717, 1.165) is 10.8 Å². The Bertz CT molecular complexity index is 545. The third kappa shape index (κ3) is 2.13. The lowest BCUT2D eigenvalue weighted by Gasteiger charge is -2.16. The molecule has 0 aliphatic rings. The summed E-state index contributed by atoms with van der Waals surface area (Å²) in [5, 5.41) is 29.5. The maximum Gasteiger partial charge on any atom is 0.335 e. The lowest BCUT2D eigenvalue weighted by Crippen LogP contribution is -2.27. The van der Waals surface area contributed by atoms with Gasteiger partial charge in [-0.3, -0.25) is 0 Å². The lowest BCUT2D eigenvalue weighted by molar-refractivity contribution is -0.153. The molecule has 0 aromatic heterocycles. The Balaban J connectivity index is 2.52. The van der Waals surface area contributed by atoms with Gasteiger partial charge in [0.15, 0.2) is 6.10 Å². The summed E-state index contributed by atoms with van der Waals surface area (Å²) in [6, 6.07) is 12.5. The van der Waals surface area contributed by atoms with Crippen molar-refractivity contribution in [3.05, 3.63) is 48.0 Å². The summed E-state index contributed by atoms with van der Waals surface area (Å²) in [7, 11) is 0. The highest BCUT2D eigenvalue weighted by Gasteiger charge is 2.26. The van der Waals surface area contributed by atoms with Gasteiger partial charge in [-0.25, -0.2) is 4.79 Å². The highest BCUT2D eigenvalue weighted by molar-refractivity contribution is 5.86. The molecular formula is C13H12O4. The molecule has 0 fully saturated rings. The van der Waals surface area contributed by atoms with Crippen molar-refractivity contribution >= 4 is 16.7 Å². The maximum atomic E-state index is 10.6. The zero-order valence-corrected chi connectivity index (χ0v) is 8.95. The average Bonchev–Trinajstić information content (AvgIpc) is 2.36. The highest BCUT2D eigenvalue weighted by Crippen LogP contribution is 2.26. The summed E-state index contributed by atoms with van der Waals surface area (Å²) in [5.74, 6) is -1.44. The number of fused-ring (bicyclic) bond motifs is 1. The van der Waals surface area contributed by atoms with Crippen LogP contribution in [-0.4, -0.2) is 27.4 Å². The molecule has 4 heteroatoms. The maximum absolute atomic E-state index is 10.6. The van der Waals surface area contributed by atoms with Crippen LogP contribution in [0.4, 0.5) is 0 Å². The van der Waals surface area contributed by atoms with E-state index >= 15 is 0 Å². The second-order valence-corrected chi connectivity index (χ2v) is 3.80. The van der Waals surface area contributed by atoms with Crippen molar-refractivity contribution in [2.24, 2.45) is 0 Å². The van der Waals surface area contributed by atoms with Crippen LogP contribution in [0.25, 0.3) is 10.8 Å². The van der Waals surface area contributed by atoms with Crippen LogP contribution < -0.4 is 0 Å². The van der Waals surface area contributed by atoms with Crippen LogP contribution in [0.3, 0.4) is 0 Å². The quantitative estimate of drug-likeness (QED) is 0.745. The number of hydrogen-bond acceptors (Lipinski definition) is 3. The molecule has 2 rings (SSSR count). The standard InChI is InChI=1S/C13H12O4/c14-11(12(15)13(16)17)10-7-3-5-8-4-1-2-6-9(8)10/h1-7,11-12,14-15H,(H,16,17). The van der Waals surface area contributed by atoms with Crippen molar-refractivity contribution in [1.82, 2.24) is 0 Å². The van der Waals surface area contributed by atoms with Gasteiger partial charge in [-0.05, 0) is 16.3 Å². The van der Waals surface area contributed by atoms with Gasteiger partial charge in [0, 0.05) is 0 Å². The number of benzene rings is 2. The Kier molecular flexibility index (Phi) is 3.08. The minimum atomic E-state index is -1.82. The van der Waals surface area contributed by atoms with Crippen molar-refractivity contribution in [2.45, 2.75) is 12.2 Å². The number of carbonyl (C=O) groups is 1. The average molecular weight is 232 g/mol. The molecule has 0 aliphatic carbocycles. The zero-order chi connectivity index (χ0) is 12.4.